The van der Waals surface area contributed by atoms with E-state index in [1.54, 1.807) is 0 Å². The minimum Gasteiger partial charge on any atom is -0.340 e. The van der Waals surface area contributed by atoms with Crippen LogP contribution >= 0.6 is 0 Å². The Balaban J connectivity index is 1.56. The summed E-state index contributed by atoms with van der Waals surface area (Å²) >= 11 is 0. The molecule has 1 fully saturated rings. The van der Waals surface area contributed by atoms with Crippen molar-refractivity contribution in [2.75, 3.05) is 50.7 Å². The third-order valence-electron chi connectivity index (χ3n) is 6.63. The number of para-hydroxylation sites is 1. The van der Waals surface area contributed by atoms with Gasteiger partial charge in [-0.2, -0.15) is 0 Å². The van der Waals surface area contributed by atoms with Crippen molar-refractivity contribution in [3.63, 3.8) is 0 Å². The third-order valence-corrected chi connectivity index (χ3v) is 6.63. The van der Waals surface area contributed by atoms with Gasteiger partial charge in [0.1, 0.15) is 0 Å². The van der Waals surface area contributed by atoms with Gasteiger partial charge < -0.3 is 15.5 Å². The Kier molecular flexibility index (Phi) is 6.73. The van der Waals surface area contributed by atoms with E-state index >= 15 is 0 Å². The first-order valence-corrected chi connectivity index (χ1v) is 10.6. The normalized spacial score (nSPS) is 18.1. The molecule has 2 amide bonds. The number of hydrogen-bond acceptors (Lipinski definition) is 4. The molecule has 2 heterocycles. The molecular weight excluding hydrogens is 352 g/mol. The fourth-order valence-electron chi connectivity index (χ4n) is 4.44. The van der Waals surface area contributed by atoms with Crippen molar-refractivity contribution < 1.29 is 9.59 Å². The number of benzene rings is 1. The molecule has 3 rings (SSSR count). The summed E-state index contributed by atoms with van der Waals surface area (Å²) in [5.74, 6) is 0.335. The Hall–Kier alpha value is -1.92. The summed E-state index contributed by atoms with van der Waals surface area (Å²) < 4.78 is 0. The highest BCUT2D eigenvalue weighted by atomic mass is 16.2. The molecule has 0 saturated carbocycles. The Morgan fingerprint density at radius 2 is 1.71 bits per heavy atom. The number of anilines is 1. The van der Waals surface area contributed by atoms with Crippen molar-refractivity contribution in [3.8, 4) is 0 Å². The average Bonchev–Trinajstić information content (AvgIpc) is 2.75. The van der Waals surface area contributed by atoms with Crippen molar-refractivity contribution in [2.45, 2.75) is 39.5 Å². The van der Waals surface area contributed by atoms with Crippen LogP contribution in [0.2, 0.25) is 0 Å². The average molecular weight is 387 g/mol. The lowest BCUT2D eigenvalue weighted by molar-refractivity contribution is -0.144. The lowest BCUT2D eigenvalue weighted by Gasteiger charge is -2.40. The van der Waals surface area contributed by atoms with Crippen LogP contribution in [0.15, 0.2) is 24.3 Å². The van der Waals surface area contributed by atoms with E-state index in [1.807, 2.05) is 41.8 Å². The predicted octanol–water partition coefficient (Wildman–Crippen LogP) is 1.88. The molecule has 0 radical (unpaired) electrons. The summed E-state index contributed by atoms with van der Waals surface area (Å²) in [6.07, 6.45) is 3.59. The van der Waals surface area contributed by atoms with Crippen LogP contribution < -0.4 is 10.6 Å². The molecule has 1 aromatic carbocycles. The van der Waals surface area contributed by atoms with Crippen molar-refractivity contribution in [1.82, 2.24) is 9.80 Å². The van der Waals surface area contributed by atoms with Crippen LogP contribution in [-0.4, -0.2) is 67.4 Å². The number of hydrogen-bond donors (Lipinski definition) is 1. The van der Waals surface area contributed by atoms with Gasteiger partial charge in [0.25, 0.3) is 0 Å². The zero-order valence-electron chi connectivity index (χ0n) is 17.3. The maximum absolute atomic E-state index is 13.0. The van der Waals surface area contributed by atoms with E-state index in [4.69, 9.17) is 5.73 Å². The van der Waals surface area contributed by atoms with Gasteiger partial charge in [-0.3, -0.25) is 14.5 Å². The van der Waals surface area contributed by atoms with Gasteiger partial charge >= 0.3 is 0 Å². The van der Waals surface area contributed by atoms with Gasteiger partial charge in [-0.05, 0) is 37.3 Å². The van der Waals surface area contributed by atoms with Crippen LogP contribution in [0.1, 0.15) is 38.7 Å². The molecule has 0 bridgehead atoms. The topological polar surface area (TPSA) is 69.9 Å². The largest absolute Gasteiger partial charge is 0.340 e. The van der Waals surface area contributed by atoms with E-state index in [0.717, 1.165) is 51.0 Å². The molecule has 1 aromatic rings. The highest BCUT2D eigenvalue weighted by Gasteiger charge is 2.38. The highest BCUT2D eigenvalue weighted by molar-refractivity contribution is 5.96. The number of carbonyl (C=O) groups excluding carboxylic acids is 2. The molecule has 0 unspecified atom stereocenters. The van der Waals surface area contributed by atoms with Gasteiger partial charge in [0.2, 0.25) is 11.8 Å². The second-order valence-corrected chi connectivity index (χ2v) is 8.04. The smallest absolute Gasteiger partial charge is 0.241 e. The zero-order valence-corrected chi connectivity index (χ0v) is 17.3. The molecule has 2 N–H and O–H groups in total. The van der Waals surface area contributed by atoms with Gasteiger partial charge in [-0.1, -0.05) is 32.0 Å². The molecule has 6 nitrogen and oxygen atoms in total. The lowest BCUT2D eigenvalue weighted by atomic mass is 9.81. The number of nitrogens with zero attached hydrogens (tertiary/aromatic N) is 3. The summed E-state index contributed by atoms with van der Waals surface area (Å²) in [5, 5.41) is 0. The number of fused-ring (bicyclic) bond motifs is 1. The van der Waals surface area contributed by atoms with Crippen LogP contribution in [0.3, 0.4) is 0 Å². The molecule has 2 aliphatic heterocycles. The van der Waals surface area contributed by atoms with Gasteiger partial charge in [0.05, 0.1) is 12.0 Å². The standard InChI is InChI=1S/C22H34N4O2/c1-3-22(4-2,17-23)21(28)25-14-12-24(13-15-25)16-20(27)26-11-7-9-18-8-5-6-10-19(18)26/h5-6,8,10H,3-4,7,9,11-17,23H2,1-2H3. The van der Waals surface area contributed by atoms with E-state index in [2.05, 4.69) is 11.0 Å². The molecule has 0 aliphatic carbocycles. The molecule has 2 aliphatic rings. The summed E-state index contributed by atoms with van der Waals surface area (Å²) in [7, 11) is 0. The van der Waals surface area contributed by atoms with Gasteiger partial charge in [-0.15, -0.1) is 0 Å². The maximum atomic E-state index is 13.0. The summed E-state index contributed by atoms with van der Waals surface area (Å²) in [4.78, 5) is 32.0. The lowest BCUT2D eigenvalue weighted by Crippen LogP contribution is -2.56. The van der Waals surface area contributed by atoms with E-state index < -0.39 is 5.41 Å². The van der Waals surface area contributed by atoms with Crippen LogP contribution in [-0.2, 0) is 16.0 Å². The Labute approximate surface area is 168 Å². The second kappa shape index (κ2) is 9.05. The highest BCUT2D eigenvalue weighted by Crippen LogP contribution is 2.29. The first-order chi connectivity index (χ1) is 13.5. The molecule has 0 aromatic heterocycles. The number of amides is 2. The third kappa shape index (κ3) is 4.08. The quantitative estimate of drug-likeness (QED) is 0.810. The number of piperazine rings is 1. The Morgan fingerprint density at radius 3 is 2.36 bits per heavy atom. The summed E-state index contributed by atoms with van der Waals surface area (Å²) in [6.45, 7) is 8.50. The van der Waals surface area contributed by atoms with Crippen molar-refractivity contribution in [1.29, 1.82) is 0 Å². The predicted molar refractivity (Wildman–Crippen MR) is 112 cm³/mol. The Bertz CT molecular complexity index is 685. The molecule has 0 spiro atoms. The first kappa shape index (κ1) is 20.8. The summed E-state index contributed by atoms with van der Waals surface area (Å²) in [6, 6.07) is 8.20. The summed E-state index contributed by atoms with van der Waals surface area (Å²) in [5.41, 5.74) is 7.83. The Morgan fingerprint density at radius 1 is 1.04 bits per heavy atom. The number of aryl methyl sites for hydroxylation is 1. The van der Waals surface area contributed by atoms with Crippen LogP contribution in [0.5, 0.6) is 0 Å². The molecule has 28 heavy (non-hydrogen) atoms. The number of carbonyl (C=O) groups is 2. The molecular formula is C22H34N4O2. The van der Waals surface area contributed by atoms with E-state index in [-0.39, 0.29) is 11.8 Å². The van der Waals surface area contributed by atoms with Gasteiger partial charge in [0, 0.05) is 45.0 Å². The molecule has 0 atom stereocenters. The van der Waals surface area contributed by atoms with Crippen LogP contribution in [0.25, 0.3) is 0 Å². The number of nitrogens with two attached hydrogens (primary N) is 1. The fourth-order valence-corrected chi connectivity index (χ4v) is 4.44. The number of rotatable bonds is 6. The fraction of sp³-hybridized carbons (Fsp3) is 0.636. The molecule has 6 heteroatoms. The second-order valence-electron chi connectivity index (χ2n) is 8.04. The van der Waals surface area contributed by atoms with Crippen molar-refractivity contribution in [3.05, 3.63) is 29.8 Å². The molecule has 1 saturated heterocycles. The minimum atomic E-state index is -0.435. The van der Waals surface area contributed by atoms with Gasteiger partial charge in [0.15, 0.2) is 0 Å². The van der Waals surface area contributed by atoms with Crippen molar-refractivity contribution >= 4 is 17.5 Å². The maximum Gasteiger partial charge on any atom is 0.241 e. The first-order valence-electron chi connectivity index (χ1n) is 10.6. The van der Waals surface area contributed by atoms with Gasteiger partial charge in [-0.25, -0.2) is 0 Å². The van der Waals surface area contributed by atoms with E-state index in [9.17, 15) is 9.59 Å². The molecule has 154 valence electrons. The zero-order chi connectivity index (χ0) is 20.1. The van der Waals surface area contributed by atoms with E-state index in [1.165, 1.54) is 5.56 Å². The minimum absolute atomic E-state index is 0.158. The van der Waals surface area contributed by atoms with Crippen LogP contribution in [0.4, 0.5) is 5.69 Å². The van der Waals surface area contributed by atoms with Crippen molar-refractivity contribution in [2.24, 2.45) is 11.1 Å². The SMILES string of the molecule is CCC(CC)(CN)C(=O)N1CCN(CC(=O)N2CCCc3ccccc32)CC1. The van der Waals surface area contributed by atoms with Crippen LogP contribution in [0, 0.1) is 5.41 Å². The monoisotopic (exact) mass is 386 g/mol. The van der Waals surface area contributed by atoms with E-state index in [0.29, 0.717) is 26.2 Å².